The normalized spacial score (nSPS) is 11.8. The van der Waals surface area contributed by atoms with Gasteiger partial charge >= 0.3 is 0 Å². The molecule has 3 nitrogen and oxygen atoms in total. The number of rotatable bonds is 5. The zero-order valence-electron chi connectivity index (χ0n) is 36.7. The van der Waals surface area contributed by atoms with E-state index in [1.165, 1.54) is 106 Å². The number of aromatic nitrogens is 3. The molecule has 0 aliphatic rings. The van der Waals surface area contributed by atoms with Gasteiger partial charge in [-0.2, -0.15) is 0 Å². The third kappa shape index (κ3) is 6.39. The Morgan fingerprint density at radius 1 is 0.358 bits per heavy atom. The van der Waals surface area contributed by atoms with Gasteiger partial charge in [0.1, 0.15) is 0 Å². The summed E-state index contributed by atoms with van der Waals surface area (Å²) in [5.74, 6) is 0. The second-order valence-corrected chi connectivity index (χ2v) is 19.9. The van der Waals surface area contributed by atoms with Gasteiger partial charge in [0.2, 0.25) is 0 Å². The highest BCUT2D eigenvalue weighted by molar-refractivity contribution is 9.10. The molecule has 0 spiro atoms. The first-order chi connectivity index (χ1) is 33.1. The molecule has 5 heterocycles. The van der Waals surface area contributed by atoms with Crippen LogP contribution in [0.15, 0.2) is 211 Å². The van der Waals surface area contributed by atoms with Crippen molar-refractivity contribution >= 4 is 123 Å². The number of para-hydroxylation sites is 2. The van der Waals surface area contributed by atoms with Crippen LogP contribution in [-0.2, 0) is 0 Å². The molecule has 0 saturated carbocycles. The van der Waals surface area contributed by atoms with Crippen LogP contribution in [0.2, 0.25) is 0 Å². The molecule has 318 valence electrons. The highest BCUT2D eigenvalue weighted by Crippen LogP contribution is 2.43. The van der Waals surface area contributed by atoms with Gasteiger partial charge in [0.15, 0.2) is 0 Å². The molecule has 0 bridgehead atoms. The highest BCUT2D eigenvalue weighted by atomic mass is 79.9. The average molecular weight is 959 g/mol. The Balaban J connectivity index is 0.00000220. The van der Waals surface area contributed by atoms with Crippen molar-refractivity contribution in [3.63, 3.8) is 0 Å². The number of pyridine rings is 1. The molecule has 0 saturated heterocycles. The molecular formula is C61H40BrN3S2. The molecule has 6 heteroatoms. The van der Waals surface area contributed by atoms with Crippen LogP contribution in [0.25, 0.3) is 129 Å². The zero-order valence-corrected chi connectivity index (χ0v) is 39.9. The maximum atomic E-state index is 4.78. The van der Waals surface area contributed by atoms with Crippen molar-refractivity contribution < 1.29 is 0 Å². The molecule has 0 aliphatic carbocycles. The van der Waals surface area contributed by atoms with Crippen LogP contribution in [0.3, 0.4) is 0 Å². The summed E-state index contributed by atoms with van der Waals surface area (Å²) in [6.07, 6.45) is 4.04. The molecule has 0 atom stereocenters. The average Bonchev–Trinajstić information content (AvgIpc) is 4.14. The van der Waals surface area contributed by atoms with Gasteiger partial charge in [-0.05, 0) is 118 Å². The molecule has 5 aromatic heterocycles. The van der Waals surface area contributed by atoms with Gasteiger partial charge in [-0.15, -0.1) is 22.7 Å². The summed E-state index contributed by atoms with van der Waals surface area (Å²) in [4.78, 5) is 4.78. The lowest BCUT2D eigenvalue weighted by atomic mass is 9.97. The third-order valence-corrected chi connectivity index (χ3v) is 16.1. The fourth-order valence-corrected chi connectivity index (χ4v) is 13.1. The Labute approximate surface area is 403 Å². The van der Waals surface area contributed by atoms with Crippen molar-refractivity contribution in [1.29, 1.82) is 0 Å². The first-order valence-corrected chi connectivity index (χ1v) is 25.2. The Kier molecular flexibility index (Phi) is 9.50. The van der Waals surface area contributed by atoms with Crippen LogP contribution in [-0.4, -0.2) is 14.1 Å². The van der Waals surface area contributed by atoms with Gasteiger partial charge in [-0.3, -0.25) is 4.98 Å². The van der Waals surface area contributed by atoms with Crippen molar-refractivity contribution in [3.8, 4) is 44.8 Å². The van der Waals surface area contributed by atoms with Crippen molar-refractivity contribution in [1.82, 2.24) is 14.1 Å². The molecular weight excluding hydrogens is 919 g/mol. The molecule has 14 aromatic rings. The molecule has 0 aliphatic heterocycles. The summed E-state index contributed by atoms with van der Waals surface area (Å²) in [5, 5.41) is 10.0. The van der Waals surface area contributed by atoms with Crippen molar-refractivity contribution in [2.24, 2.45) is 0 Å². The minimum atomic E-state index is 1.05. The summed E-state index contributed by atoms with van der Waals surface area (Å²) >= 11 is 7.63. The monoisotopic (exact) mass is 957 g/mol. The molecule has 0 N–H and O–H groups in total. The Morgan fingerprint density at radius 2 is 0.851 bits per heavy atom. The van der Waals surface area contributed by atoms with E-state index in [1.54, 1.807) is 0 Å². The first kappa shape index (κ1) is 40.0. The Morgan fingerprint density at radius 3 is 1.52 bits per heavy atom. The van der Waals surface area contributed by atoms with E-state index < -0.39 is 0 Å². The largest absolute Gasteiger partial charge is 0.309 e. The van der Waals surface area contributed by atoms with Crippen LogP contribution in [0.5, 0.6) is 0 Å². The smallest absolute Gasteiger partial charge is 0.0825 e. The molecule has 0 radical (unpaired) electrons. The Hall–Kier alpha value is -7.35. The lowest BCUT2D eigenvalue weighted by molar-refractivity contribution is 1.17. The zero-order chi connectivity index (χ0) is 44.8. The summed E-state index contributed by atoms with van der Waals surface area (Å²) < 4.78 is 11.0. The summed E-state index contributed by atoms with van der Waals surface area (Å²) in [6.45, 7) is 4.00. The van der Waals surface area contributed by atoms with E-state index in [-0.39, 0.29) is 0 Å². The second kappa shape index (κ2) is 15.9. The number of nitrogens with zero attached hydrogens (tertiary/aromatic N) is 3. The minimum Gasteiger partial charge on any atom is -0.309 e. The number of thiophene rings is 2. The minimum absolute atomic E-state index is 1.05. The Bertz CT molecular complexity index is 4260. The lowest BCUT2D eigenvalue weighted by Gasteiger charge is -2.11. The van der Waals surface area contributed by atoms with Gasteiger partial charge < -0.3 is 9.13 Å². The molecule has 9 aromatic carbocycles. The molecule has 0 fully saturated rings. The van der Waals surface area contributed by atoms with E-state index in [2.05, 4.69) is 219 Å². The predicted octanol–water partition coefficient (Wildman–Crippen LogP) is 18.8. The second-order valence-electron chi connectivity index (χ2n) is 16.9. The van der Waals surface area contributed by atoms with E-state index in [0.717, 1.165) is 27.0 Å². The molecule has 0 amide bonds. The number of hydrogen-bond donors (Lipinski definition) is 0. The van der Waals surface area contributed by atoms with Crippen molar-refractivity contribution in [2.45, 2.75) is 13.8 Å². The predicted molar refractivity (Wildman–Crippen MR) is 294 cm³/mol. The molecule has 67 heavy (non-hydrogen) atoms. The van der Waals surface area contributed by atoms with Crippen LogP contribution in [0.4, 0.5) is 0 Å². The van der Waals surface area contributed by atoms with Crippen molar-refractivity contribution in [2.75, 3.05) is 0 Å². The van der Waals surface area contributed by atoms with Crippen LogP contribution in [0, 0.1) is 0 Å². The molecule has 14 rings (SSSR count). The van der Waals surface area contributed by atoms with Crippen LogP contribution >= 0.6 is 38.6 Å². The van der Waals surface area contributed by atoms with E-state index in [4.69, 9.17) is 4.98 Å². The van der Waals surface area contributed by atoms with Crippen LogP contribution in [0.1, 0.15) is 13.8 Å². The highest BCUT2D eigenvalue weighted by Gasteiger charge is 2.19. The fourth-order valence-electron chi connectivity index (χ4n) is 10.3. The standard InChI is InChI=1S/C59H34BrN3S2.C2H6/c60-41-28-39(27-40(29-41)37-21-26-54-49(31-37)44-10-2-6-14-52(44)63(54)55-34-61-33-50-46-12-4-8-16-57(46)65-59(50)55)36-20-25-53-48(30-36)43-9-1-5-13-51(43)62(53)42-22-17-35(18-23-42)38-19-24-47-45-11-3-7-15-56(45)64-58(47)32-38;1-2/h1-34H;1-2H3. The van der Waals surface area contributed by atoms with E-state index >= 15 is 0 Å². The van der Waals surface area contributed by atoms with Gasteiger partial charge in [-0.25, -0.2) is 0 Å². The number of hydrogen-bond acceptors (Lipinski definition) is 3. The lowest BCUT2D eigenvalue weighted by Crippen LogP contribution is -1.95. The maximum Gasteiger partial charge on any atom is 0.0825 e. The van der Waals surface area contributed by atoms with Crippen LogP contribution < -0.4 is 0 Å². The van der Waals surface area contributed by atoms with Gasteiger partial charge in [0.25, 0.3) is 0 Å². The van der Waals surface area contributed by atoms with E-state index in [0.29, 0.717) is 0 Å². The van der Waals surface area contributed by atoms with Gasteiger partial charge in [-0.1, -0.05) is 139 Å². The van der Waals surface area contributed by atoms with Gasteiger partial charge in [0.05, 0.1) is 38.7 Å². The molecule has 0 unspecified atom stereocenters. The number of benzene rings is 9. The SMILES string of the molecule is Brc1cc(-c2ccc3c(c2)c2ccccc2n3-c2ccc(-c3ccc4c(c3)sc3ccccc34)cc2)cc(-c2ccc3c(c2)c2ccccc2n3-c2cncc3c2sc2ccccc23)c1.CC. The van der Waals surface area contributed by atoms with E-state index in [1.807, 2.05) is 48.9 Å². The summed E-state index contributed by atoms with van der Waals surface area (Å²) in [5.41, 5.74) is 14.1. The third-order valence-electron chi connectivity index (χ3n) is 13.3. The number of halogens is 1. The summed E-state index contributed by atoms with van der Waals surface area (Å²) in [7, 11) is 0. The quantitative estimate of drug-likeness (QED) is 0.169. The maximum absolute atomic E-state index is 4.78. The van der Waals surface area contributed by atoms with E-state index in [9.17, 15) is 0 Å². The summed E-state index contributed by atoms with van der Waals surface area (Å²) in [6, 6.07) is 71.5. The topological polar surface area (TPSA) is 22.8 Å². The van der Waals surface area contributed by atoms with Crippen molar-refractivity contribution in [3.05, 3.63) is 211 Å². The first-order valence-electron chi connectivity index (χ1n) is 22.8. The van der Waals surface area contributed by atoms with Gasteiger partial charge in [0, 0.05) is 73.5 Å². The number of fused-ring (bicyclic) bond motifs is 12. The fraction of sp³-hybridized carbons (Fsp3) is 0.0328.